The molecule has 3 rings (SSSR count). The van der Waals surface area contributed by atoms with Crippen LogP contribution in [0.2, 0.25) is 0 Å². The summed E-state index contributed by atoms with van der Waals surface area (Å²) in [5.74, 6) is -1.15. The highest BCUT2D eigenvalue weighted by Crippen LogP contribution is 2.22. The second kappa shape index (κ2) is 7.71. The van der Waals surface area contributed by atoms with Crippen LogP contribution in [0, 0.1) is 0 Å². The molecule has 0 atom stereocenters. The summed E-state index contributed by atoms with van der Waals surface area (Å²) in [4.78, 5) is 54.1. The van der Waals surface area contributed by atoms with Gasteiger partial charge in [0.25, 0.3) is 11.8 Å². The lowest BCUT2D eigenvalue weighted by molar-refractivity contribution is -0.133. The van der Waals surface area contributed by atoms with Crippen LogP contribution < -0.4 is 5.32 Å². The Morgan fingerprint density at radius 2 is 1.46 bits per heavy atom. The first-order valence-electron chi connectivity index (χ1n) is 9.42. The van der Waals surface area contributed by atoms with Crippen LogP contribution in [0.15, 0.2) is 24.3 Å². The predicted octanol–water partition coefficient (Wildman–Crippen LogP) is 0.342. The lowest BCUT2D eigenvalue weighted by atomic mass is 10.1. The summed E-state index contributed by atoms with van der Waals surface area (Å²) in [7, 11) is 0. The van der Waals surface area contributed by atoms with Crippen molar-refractivity contribution >= 4 is 23.6 Å². The number of nitrogens with one attached hydrogen (secondary N) is 1. The topological polar surface area (TPSA) is 90.0 Å². The highest BCUT2D eigenvalue weighted by atomic mass is 16.2. The number of benzene rings is 1. The van der Waals surface area contributed by atoms with E-state index in [1.54, 1.807) is 29.2 Å². The number of carbonyl (C=O) groups is 4. The number of nitrogens with zero attached hydrogens (tertiary/aromatic N) is 3. The molecule has 28 heavy (non-hydrogen) atoms. The molecule has 8 heteroatoms. The van der Waals surface area contributed by atoms with Gasteiger partial charge < -0.3 is 10.2 Å². The molecule has 0 spiro atoms. The summed E-state index contributed by atoms with van der Waals surface area (Å²) >= 11 is 0. The van der Waals surface area contributed by atoms with E-state index in [0.29, 0.717) is 37.3 Å². The first-order valence-corrected chi connectivity index (χ1v) is 9.42. The average Bonchev–Trinajstić information content (AvgIpc) is 2.86. The first kappa shape index (κ1) is 20.0. The Kier molecular flexibility index (Phi) is 5.51. The Balaban J connectivity index is 1.51. The van der Waals surface area contributed by atoms with Gasteiger partial charge in [-0.2, -0.15) is 0 Å². The number of imide groups is 1. The molecule has 1 saturated heterocycles. The molecule has 2 aliphatic heterocycles. The zero-order chi connectivity index (χ0) is 20.5. The Morgan fingerprint density at radius 1 is 0.929 bits per heavy atom. The second-order valence-corrected chi connectivity index (χ2v) is 8.20. The third kappa shape index (κ3) is 4.39. The van der Waals surface area contributed by atoms with Crippen LogP contribution in [0.25, 0.3) is 0 Å². The summed E-state index contributed by atoms with van der Waals surface area (Å²) in [5, 5.41) is 2.92. The zero-order valence-corrected chi connectivity index (χ0v) is 16.5. The van der Waals surface area contributed by atoms with Crippen LogP contribution >= 0.6 is 0 Å². The molecule has 2 aliphatic rings. The standard InChI is InChI=1S/C20H26N4O4/c1-20(2,3)21-16(25)12-22-8-10-23(11-9-22)17(26)13-24-18(27)14-6-4-5-7-15(14)19(24)28/h4-7H,8-13H2,1-3H3,(H,21,25). The molecule has 0 radical (unpaired) electrons. The third-order valence-electron chi connectivity index (χ3n) is 4.78. The molecule has 1 aromatic carbocycles. The van der Waals surface area contributed by atoms with Gasteiger partial charge in [0.1, 0.15) is 6.54 Å². The number of hydrogen-bond donors (Lipinski definition) is 1. The van der Waals surface area contributed by atoms with E-state index < -0.39 is 11.8 Å². The van der Waals surface area contributed by atoms with Crippen molar-refractivity contribution in [2.75, 3.05) is 39.3 Å². The average molecular weight is 386 g/mol. The highest BCUT2D eigenvalue weighted by molar-refractivity contribution is 6.22. The molecule has 1 aromatic rings. The Bertz CT molecular complexity index is 772. The van der Waals surface area contributed by atoms with Crippen LogP contribution in [-0.2, 0) is 9.59 Å². The highest BCUT2D eigenvalue weighted by Gasteiger charge is 2.37. The molecule has 2 heterocycles. The van der Waals surface area contributed by atoms with E-state index in [1.165, 1.54) is 0 Å². The molecular formula is C20H26N4O4. The van der Waals surface area contributed by atoms with Gasteiger partial charge in [0.15, 0.2) is 0 Å². The largest absolute Gasteiger partial charge is 0.350 e. The number of amides is 4. The van der Waals surface area contributed by atoms with Crippen LogP contribution in [0.3, 0.4) is 0 Å². The number of piperazine rings is 1. The normalized spacial score (nSPS) is 17.7. The van der Waals surface area contributed by atoms with Crippen LogP contribution in [0.1, 0.15) is 41.5 Å². The van der Waals surface area contributed by atoms with E-state index in [0.717, 1.165) is 4.90 Å². The molecule has 0 aromatic heterocycles. The lowest BCUT2D eigenvalue weighted by Gasteiger charge is -2.35. The van der Waals surface area contributed by atoms with Crippen LogP contribution in [0.5, 0.6) is 0 Å². The van der Waals surface area contributed by atoms with Gasteiger partial charge in [0.05, 0.1) is 17.7 Å². The number of carbonyl (C=O) groups excluding carboxylic acids is 4. The Morgan fingerprint density at radius 3 is 1.96 bits per heavy atom. The van der Waals surface area contributed by atoms with Gasteiger partial charge in [-0.3, -0.25) is 29.0 Å². The Hall–Kier alpha value is -2.74. The van der Waals surface area contributed by atoms with Crippen molar-refractivity contribution in [3.05, 3.63) is 35.4 Å². The molecule has 0 unspecified atom stereocenters. The third-order valence-corrected chi connectivity index (χ3v) is 4.78. The first-order chi connectivity index (χ1) is 13.2. The number of hydrogen-bond acceptors (Lipinski definition) is 5. The van der Waals surface area contributed by atoms with Gasteiger partial charge in [-0.1, -0.05) is 12.1 Å². The van der Waals surface area contributed by atoms with Crippen molar-refractivity contribution < 1.29 is 19.2 Å². The molecule has 0 aliphatic carbocycles. The van der Waals surface area contributed by atoms with Crippen molar-refractivity contribution in [3.8, 4) is 0 Å². The van der Waals surface area contributed by atoms with Crippen molar-refractivity contribution in [2.45, 2.75) is 26.3 Å². The number of rotatable bonds is 4. The maximum Gasteiger partial charge on any atom is 0.262 e. The van der Waals surface area contributed by atoms with Crippen molar-refractivity contribution in [3.63, 3.8) is 0 Å². The van der Waals surface area contributed by atoms with Gasteiger partial charge in [0, 0.05) is 31.7 Å². The minimum atomic E-state index is -0.425. The van der Waals surface area contributed by atoms with Crippen LogP contribution in [0.4, 0.5) is 0 Å². The van der Waals surface area contributed by atoms with Gasteiger partial charge in [-0.05, 0) is 32.9 Å². The van der Waals surface area contributed by atoms with Gasteiger partial charge in [0.2, 0.25) is 11.8 Å². The van der Waals surface area contributed by atoms with Gasteiger partial charge >= 0.3 is 0 Å². The number of fused-ring (bicyclic) bond motifs is 1. The molecule has 1 fully saturated rings. The molecule has 4 amide bonds. The van der Waals surface area contributed by atoms with Crippen molar-refractivity contribution in [1.82, 2.24) is 20.0 Å². The van der Waals surface area contributed by atoms with E-state index >= 15 is 0 Å². The summed E-state index contributed by atoms with van der Waals surface area (Å²) in [6.07, 6.45) is 0. The fourth-order valence-corrected chi connectivity index (χ4v) is 3.43. The zero-order valence-electron chi connectivity index (χ0n) is 16.5. The maximum atomic E-state index is 12.6. The SMILES string of the molecule is CC(C)(C)NC(=O)CN1CCN(C(=O)CN2C(=O)c3ccccc3C2=O)CC1. The van der Waals surface area contributed by atoms with E-state index in [9.17, 15) is 19.2 Å². The van der Waals surface area contributed by atoms with E-state index in [1.807, 2.05) is 25.7 Å². The summed E-state index contributed by atoms with van der Waals surface area (Å²) in [6.45, 7) is 7.91. The van der Waals surface area contributed by atoms with E-state index in [-0.39, 0.29) is 30.4 Å². The summed E-state index contributed by atoms with van der Waals surface area (Å²) in [5.41, 5.74) is 0.409. The monoisotopic (exact) mass is 386 g/mol. The quantitative estimate of drug-likeness (QED) is 0.754. The van der Waals surface area contributed by atoms with Crippen molar-refractivity contribution in [2.24, 2.45) is 0 Å². The minimum absolute atomic E-state index is 0.0432. The van der Waals surface area contributed by atoms with Gasteiger partial charge in [-0.25, -0.2) is 0 Å². The molecule has 150 valence electrons. The fraction of sp³-hybridized carbons (Fsp3) is 0.500. The van der Waals surface area contributed by atoms with E-state index in [2.05, 4.69) is 5.32 Å². The summed E-state index contributed by atoms with van der Waals surface area (Å²) in [6, 6.07) is 6.59. The summed E-state index contributed by atoms with van der Waals surface area (Å²) < 4.78 is 0. The minimum Gasteiger partial charge on any atom is -0.350 e. The molecular weight excluding hydrogens is 360 g/mol. The Labute approximate surface area is 164 Å². The van der Waals surface area contributed by atoms with E-state index in [4.69, 9.17) is 0 Å². The van der Waals surface area contributed by atoms with Gasteiger partial charge in [-0.15, -0.1) is 0 Å². The molecule has 1 N–H and O–H groups in total. The molecule has 0 saturated carbocycles. The smallest absolute Gasteiger partial charge is 0.262 e. The van der Waals surface area contributed by atoms with Crippen LogP contribution in [-0.4, -0.2) is 83.1 Å². The fourth-order valence-electron chi connectivity index (χ4n) is 3.43. The lowest BCUT2D eigenvalue weighted by Crippen LogP contribution is -2.54. The molecule has 8 nitrogen and oxygen atoms in total. The predicted molar refractivity (Wildman–Crippen MR) is 103 cm³/mol. The molecule has 0 bridgehead atoms. The second-order valence-electron chi connectivity index (χ2n) is 8.20. The van der Waals surface area contributed by atoms with Crippen molar-refractivity contribution in [1.29, 1.82) is 0 Å². The maximum absolute atomic E-state index is 12.6.